The molecule has 0 heterocycles. The first kappa shape index (κ1) is 21.5. The van der Waals surface area contributed by atoms with Gasteiger partial charge in [-0.1, -0.05) is 37.8 Å². The van der Waals surface area contributed by atoms with Gasteiger partial charge in [0.25, 0.3) is 5.70 Å². The van der Waals surface area contributed by atoms with Crippen LogP contribution in [0, 0.1) is 10.1 Å². The Hall–Kier alpha value is -1.55. The average molecular weight is 387 g/mol. The molecule has 0 N–H and O–H groups in total. The van der Waals surface area contributed by atoms with Crippen LogP contribution in [0.15, 0.2) is 47.0 Å². The van der Waals surface area contributed by atoms with E-state index in [1.54, 1.807) is 24.3 Å². The lowest BCUT2D eigenvalue weighted by Crippen LogP contribution is -2.36. The summed E-state index contributed by atoms with van der Waals surface area (Å²) in [4.78, 5) is 11.0. The Morgan fingerprint density at radius 3 is 2.36 bits per heavy atom. The fourth-order valence-electron chi connectivity index (χ4n) is 2.02. The largest absolute Gasteiger partial charge is 0.383 e. The number of nitro groups is 1. The smallest absolute Gasteiger partial charge is 0.257 e. The molecule has 140 valence electrons. The molecule has 0 unspecified atom stereocenters. The van der Waals surface area contributed by atoms with Crippen LogP contribution in [0.1, 0.15) is 0 Å². The second-order valence-electron chi connectivity index (χ2n) is 6.86. The summed E-state index contributed by atoms with van der Waals surface area (Å²) in [5.41, 5.74) is -0.0990. The van der Waals surface area contributed by atoms with E-state index in [9.17, 15) is 18.5 Å². The Morgan fingerprint density at radius 2 is 1.88 bits per heavy atom. The van der Waals surface area contributed by atoms with Crippen LogP contribution in [-0.4, -0.2) is 52.5 Å². The maximum Gasteiger partial charge on any atom is 0.257 e. The van der Waals surface area contributed by atoms with Crippen LogP contribution >= 0.6 is 0 Å². The van der Waals surface area contributed by atoms with E-state index in [4.69, 9.17) is 4.74 Å². The molecule has 0 saturated heterocycles. The van der Waals surface area contributed by atoms with Crippen LogP contribution < -0.4 is 0 Å². The number of allylic oxidation sites excluding steroid dienone is 1. The van der Waals surface area contributed by atoms with E-state index in [1.807, 2.05) is 0 Å². The lowest BCUT2D eigenvalue weighted by Gasteiger charge is -2.21. The van der Waals surface area contributed by atoms with Crippen molar-refractivity contribution < 1.29 is 18.1 Å². The number of sulfonamides is 1. The average Bonchev–Trinajstić information content (AvgIpc) is 2.53. The van der Waals surface area contributed by atoms with Crippen molar-refractivity contribution >= 4 is 18.1 Å². The monoisotopic (exact) mass is 386 g/mol. The van der Waals surface area contributed by atoms with Gasteiger partial charge in [0.05, 0.1) is 16.4 Å². The summed E-state index contributed by atoms with van der Waals surface area (Å²) in [7, 11) is -3.90. The van der Waals surface area contributed by atoms with Gasteiger partial charge in [0.2, 0.25) is 10.0 Å². The number of methoxy groups -OCH3 is 1. The van der Waals surface area contributed by atoms with Crippen LogP contribution in [0.25, 0.3) is 0 Å². The highest BCUT2D eigenvalue weighted by molar-refractivity contribution is 7.89. The maximum absolute atomic E-state index is 12.8. The Balaban J connectivity index is 3.15. The number of hydrogen-bond donors (Lipinski definition) is 0. The highest BCUT2D eigenvalue weighted by Crippen LogP contribution is 2.18. The van der Waals surface area contributed by atoms with E-state index in [2.05, 4.69) is 19.6 Å². The number of ether oxygens (including phenoxy) is 1. The minimum Gasteiger partial charge on any atom is -0.383 e. The molecule has 0 amide bonds. The first-order chi connectivity index (χ1) is 11.6. The lowest BCUT2D eigenvalue weighted by atomic mass is 10.4. The normalized spacial score (nSPS) is 13.2. The van der Waals surface area contributed by atoms with E-state index in [1.165, 1.54) is 19.2 Å². The second-order valence-corrected chi connectivity index (χ2v) is 14.3. The summed E-state index contributed by atoms with van der Waals surface area (Å²) in [6.45, 7) is 6.23. The first-order valence-corrected chi connectivity index (χ1v) is 13.1. The van der Waals surface area contributed by atoms with Gasteiger partial charge in [0.1, 0.15) is 6.54 Å². The maximum atomic E-state index is 12.8. The highest BCUT2D eigenvalue weighted by Gasteiger charge is 2.29. The molecular formula is C16H26N2O5SSi. The van der Waals surface area contributed by atoms with Crippen molar-refractivity contribution in [3.63, 3.8) is 0 Å². The van der Waals surface area contributed by atoms with Crippen molar-refractivity contribution in [2.75, 3.05) is 26.8 Å². The van der Waals surface area contributed by atoms with Crippen molar-refractivity contribution in [1.29, 1.82) is 0 Å². The molecule has 0 aliphatic rings. The molecular weight excluding hydrogens is 360 g/mol. The molecule has 0 spiro atoms. The third-order valence-corrected chi connectivity index (χ3v) is 6.74. The summed E-state index contributed by atoms with van der Waals surface area (Å²) >= 11 is 0. The number of rotatable bonds is 10. The molecule has 25 heavy (non-hydrogen) atoms. The third kappa shape index (κ3) is 7.06. The number of benzene rings is 1. The molecule has 1 aromatic rings. The molecule has 0 bridgehead atoms. The summed E-state index contributed by atoms with van der Waals surface area (Å²) in [6, 6.07) is 8.54. The second kappa shape index (κ2) is 9.23. The highest BCUT2D eigenvalue weighted by atomic mass is 32.2. The van der Waals surface area contributed by atoms with Crippen molar-refractivity contribution in [3.05, 3.63) is 52.2 Å². The van der Waals surface area contributed by atoms with E-state index < -0.39 is 23.0 Å². The van der Waals surface area contributed by atoms with Gasteiger partial charge in [-0.2, -0.15) is 4.31 Å². The standard InChI is InChI=1S/C16H26N2O5SSi/c1-23-12-11-17(24(21,22)16-8-6-5-7-9-16)14-15(18(19)20)10-13-25(2,3)4/h5-10H,11-14H2,1-4H3/b15-10-. The molecule has 0 aliphatic heterocycles. The minimum absolute atomic E-state index is 0.0475. The van der Waals surface area contributed by atoms with Gasteiger partial charge >= 0.3 is 0 Å². The molecule has 0 fully saturated rings. The first-order valence-electron chi connectivity index (χ1n) is 7.95. The molecule has 0 atom stereocenters. The van der Waals surface area contributed by atoms with Gasteiger partial charge in [-0.3, -0.25) is 10.1 Å². The summed E-state index contributed by atoms with van der Waals surface area (Å²) in [5.74, 6) is 0. The summed E-state index contributed by atoms with van der Waals surface area (Å²) < 4.78 is 31.7. The molecule has 0 saturated carbocycles. The molecule has 9 heteroatoms. The SMILES string of the molecule is COCCN(C/C(=C/C[Si](C)(C)C)[N+](=O)[O-])S(=O)(=O)c1ccccc1. The van der Waals surface area contributed by atoms with E-state index in [0.29, 0.717) is 6.04 Å². The van der Waals surface area contributed by atoms with Crippen LogP contribution in [-0.2, 0) is 14.8 Å². The van der Waals surface area contributed by atoms with Gasteiger partial charge < -0.3 is 4.74 Å². The quantitative estimate of drug-likeness (QED) is 0.350. The zero-order chi connectivity index (χ0) is 19.1. The lowest BCUT2D eigenvalue weighted by molar-refractivity contribution is -0.427. The van der Waals surface area contributed by atoms with Gasteiger partial charge in [-0.15, -0.1) is 0 Å². The zero-order valence-corrected chi connectivity index (χ0v) is 17.0. The van der Waals surface area contributed by atoms with Crippen LogP contribution in [0.3, 0.4) is 0 Å². The zero-order valence-electron chi connectivity index (χ0n) is 15.1. The predicted octanol–water partition coefficient (Wildman–Crippen LogP) is 2.82. The van der Waals surface area contributed by atoms with Crippen molar-refractivity contribution in [1.82, 2.24) is 4.31 Å². The van der Waals surface area contributed by atoms with E-state index >= 15 is 0 Å². The fraction of sp³-hybridized carbons (Fsp3) is 0.500. The topological polar surface area (TPSA) is 89.8 Å². The minimum atomic E-state index is -3.84. The predicted molar refractivity (Wildman–Crippen MR) is 100 cm³/mol. The van der Waals surface area contributed by atoms with Crippen LogP contribution in [0.5, 0.6) is 0 Å². The van der Waals surface area contributed by atoms with Crippen molar-refractivity contribution in [3.8, 4) is 0 Å². The molecule has 7 nitrogen and oxygen atoms in total. The van der Waals surface area contributed by atoms with Gasteiger partial charge in [0.15, 0.2) is 0 Å². The molecule has 1 rings (SSSR count). The van der Waals surface area contributed by atoms with Gasteiger partial charge in [-0.25, -0.2) is 8.42 Å². The molecule has 0 aromatic heterocycles. The van der Waals surface area contributed by atoms with E-state index in [-0.39, 0.29) is 30.3 Å². The molecule has 1 aromatic carbocycles. The van der Waals surface area contributed by atoms with Crippen LogP contribution in [0.2, 0.25) is 25.7 Å². The Morgan fingerprint density at radius 1 is 1.28 bits per heavy atom. The number of hydrogen-bond acceptors (Lipinski definition) is 5. The molecule has 0 radical (unpaired) electrons. The Kier molecular flexibility index (Phi) is 7.93. The number of nitrogens with zero attached hydrogens (tertiary/aromatic N) is 2. The third-order valence-electron chi connectivity index (χ3n) is 3.45. The van der Waals surface area contributed by atoms with E-state index in [0.717, 1.165) is 4.31 Å². The summed E-state index contributed by atoms with van der Waals surface area (Å²) in [5, 5.41) is 11.4. The summed E-state index contributed by atoms with van der Waals surface area (Å²) in [6.07, 6.45) is 1.56. The van der Waals surface area contributed by atoms with Crippen molar-refractivity contribution in [2.45, 2.75) is 30.6 Å². The Bertz CT molecular complexity index is 699. The Labute approximate surface area is 150 Å². The van der Waals surface area contributed by atoms with Gasteiger partial charge in [-0.05, 0) is 24.3 Å². The van der Waals surface area contributed by atoms with Gasteiger partial charge in [0, 0.05) is 21.7 Å². The fourth-order valence-corrected chi connectivity index (χ4v) is 4.28. The van der Waals surface area contributed by atoms with Crippen molar-refractivity contribution in [2.24, 2.45) is 0 Å². The molecule has 0 aliphatic carbocycles. The van der Waals surface area contributed by atoms with Crippen LogP contribution in [0.4, 0.5) is 0 Å².